The highest BCUT2D eigenvalue weighted by atomic mass is 16.2. The number of nitrogens with zero attached hydrogens (tertiary/aromatic N) is 2. The van der Waals surface area contributed by atoms with E-state index < -0.39 is 0 Å². The third kappa shape index (κ3) is 2.70. The summed E-state index contributed by atoms with van der Waals surface area (Å²) in [6.45, 7) is 3.87. The number of amides is 1. The Hall–Kier alpha value is -1.42. The lowest BCUT2D eigenvalue weighted by molar-refractivity contribution is -0.134. The average molecular weight is 247 g/mol. The van der Waals surface area contributed by atoms with Gasteiger partial charge in [-0.25, -0.2) is 0 Å². The molecule has 1 saturated heterocycles. The summed E-state index contributed by atoms with van der Waals surface area (Å²) in [6.07, 6.45) is 4.30. The molecule has 98 valence electrons. The first-order valence-corrected chi connectivity index (χ1v) is 6.51. The monoisotopic (exact) mass is 247 g/mol. The van der Waals surface area contributed by atoms with E-state index in [0.29, 0.717) is 6.42 Å². The minimum Gasteiger partial charge on any atom is -0.336 e. The highest BCUT2D eigenvalue weighted by molar-refractivity contribution is 5.79. The molecule has 1 fully saturated rings. The van der Waals surface area contributed by atoms with Gasteiger partial charge < -0.3 is 10.2 Å². The maximum atomic E-state index is 12.4. The van der Waals surface area contributed by atoms with Gasteiger partial charge in [-0.2, -0.15) is 0 Å². The highest BCUT2D eigenvalue weighted by Gasteiger charge is 2.38. The van der Waals surface area contributed by atoms with Crippen LogP contribution in [0.2, 0.25) is 0 Å². The van der Waals surface area contributed by atoms with Gasteiger partial charge in [0.1, 0.15) is 0 Å². The third-order valence-corrected chi connectivity index (χ3v) is 3.67. The van der Waals surface area contributed by atoms with Crippen molar-refractivity contribution in [2.45, 2.75) is 31.7 Å². The van der Waals surface area contributed by atoms with Crippen molar-refractivity contribution in [3.63, 3.8) is 0 Å². The number of nitrogens with one attached hydrogen (secondary N) is 1. The van der Waals surface area contributed by atoms with Crippen molar-refractivity contribution >= 4 is 5.91 Å². The van der Waals surface area contributed by atoms with Crippen LogP contribution in [0, 0.1) is 0 Å². The highest BCUT2D eigenvalue weighted by Crippen LogP contribution is 2.28. The van der Waals surface area contributed by atoms with Crippen LogP contribution in [-0.2, 0) is 11.2 Å². The third-order valence-electron chi connectivity index (χ3n) is 3.67. The molecular formula is C14H21N3O. The summed E-state index contributed by atoms with van der Waals surface area (Å²) in [5, 5.41) is 3.19. The van der Waals surface area contributed by atoms with E-state index in [1.165, 1.54) is 0 Å². The summed E-state index contributed by atoms with van der Waals surface area (Å²) in [5.41, 5.74) is 0.807. The maximum Gasteiger partial charge on any atom is 0.229 e. The van der Waals surface area contributed by atoms with Crippen molar-refractivity contribution in [1.29, 1.82) is 0 Å². The van der Waals surface area contributed by atoms with Gasteiger partial charge in [-0.15, -0.1) is 0 Å². The first kappa shape index (κ1) is 13.0. The van der Waals surface area contributed by atoms with Crippen molar-refractivity contribution in [2.75, 3.05) is 20.1 Å². The lowest BCUT2D eigenvalue weighted by Gasteiger charge is -2.35. The Bertz CT molecular complexity index is 407. The van der Waals surface area contributed by atoms with Crippen LogP contribution in [0.1, 0.15) is 25.5 Å². The molecule has 1 atom stereocenters. The minimum atomic E-state index is -0.0411. The standard InChI is InChI=1S/C14H21N3O/c1-14(11-15-2)7-5-9-17(14)13(18)10-12-6-3-4-8-16-12/h3-4,6,8,15H,5,7,9-11H2,1-2H3. The second-order valence-electron chi connectivity index (χ2n) is 5.17. The van der Waals surface area contributed by atoms with E-state index in [9.17, 15) is 4.79 Å². The van der Waals surface area contributed by atoms with Crippen molar-refractivity contribution in [3.8, 4) is 0 Å². The summed E-state index contributed by atoms with van der Waals surface area (Å²) in [5.74, 6) is 0.184. The van der Waals surface area contributed by atoms with Crippen LogP contribution in [-0.4, -0.2) is 41.5 Å². The fourth-order valence-corrected chi connectivity index (χ4v) is 2.77. The summed E-state index contributed by atoms with van der Waals surface area (Å²) < 4.78 is 0. The zero-order valence-electron chi connectivity index (χ0n) is 11.1. The van der Waals surface area contributed by atoms with Crippen molar-refractivity contribution in [2.24, 2.45) is 0 Å². The smallest absolute Gasteiger partial charge is 0.229 e. The van der Waals surface area contributed by atoms with E-state index in [0.717, 1.165) is 31.6 Å². The Morgan fingerprint density at radius 3 is 3.06 bits per heavy atom. The van der Waals surface area contributed by atoms with Crippen molar-refractivity contribution in [3.05, 3.63) is 30.1 Å². The molecule has 1 aliphatic rings. The van der Waals surface area contributed by atoms with Crippen LogP contribution in [0.3, 0.4) is 0 Å². The zero-order chi connectivity index (χ0) is 13.0. The molecule has 18 heavy (non-hydrogen) atoms. The molecule has 2 heterocycles. The van der Waals surface area contributed by atoms with Crippen LogP contribution in [0.25, 0.3) is 0 Å². The fraction of sp³-hybridized carbons (Fsp3) is 0.571. The second-order valence-corrected chi connectivity index (χ2v) is 5.17. The van der Waals surface area contributed by atoms with E-state index in [1.54, 1.807) is 6.20 Å². The zero-order valence-corrected chi connectivity index (χ0v) is 11.1. The average Bonchev–Trinajstić information content (AvgIpc) is 2.73. The van der Waals surface area contributed by atoms with E-state index in [2.05, 4.69) is 17.2 Å². The number of carbonyl (C=O) groups is 1. The molecule has 1 amide bonds. The van der Waals surface area contributed by atoms with Gasteiger partial charge in [0.15, 0.2) is 0 Å². The van der Waals surface area contributed by atoms with Crippen molar-refractivity contribution in [1.82, 2.24) is 15.2 Å². The lowest BCUT2D eigenvalue weighted by Crippen LogP contribution is -2.51. The van der Waals surface area contributed by atoms with Gasteiger partial charge in [0, 0.05) is 25.0 Å². The van der Waals surface area contributed by atoms with Crippen molar-refractivity contribution < 1.29 is 4.79 Å². The Morgan fingerprint density at radius 2 is 2.39 bits per heavy atom. The molecule has 1 aromatic heterocycles. The largest absolute Gasteiger partial charge is 0.336 e. The molecule has 4 nitrogen and oxygen atoms in total. The second kappa shape index (κ2) is 5.48. The van der Waals surface area contributed by atoms with Gasteiger partial charge in [0.05, 0.1) is 12.0 Å². The Labute approximate surface area is 108 Å². The SMILES string of the molecule is CNCC1(C)CCCN1C(=O)Cc1ccccn1. The van der Waals surface area contributed by atoms with Crippen LogP contribution >= 0.6 is 0 Å². The van der Waals surface area contributed by atoms with E-state index in [4.69, 9.17) is 0 Å². The Balaban J connectivity index is 2.04. The molecule has 0 aliphatic carbocycles. The normalized spacial score (nSPS) is 23.3. The lowest BCUT2D eigenvalue weighted by atomic mass is 9.98. The first-order valence-electron chi connectivity index (χ1n) is 6.51. The molecule has 0 aromatic carbocycles. The van der Waals surface area contributed by atoms with Gasteiger partial charge in [-0.1, -0.05) is 6.07 Å². The number of rotatable bonds is 4. The number of hydrogen-bond donors (Lipinski definition) is 1. The van der Waals surface area contributed by atoms with Crippen LogP contribution in [0.5, 0.6) is 0 Å². The Morgan fingerprint density at radius 1 is 1.56 bits per heavy atom. The number of likely N-dealkylation sites (tertiary alicyclic amines) is 1. The molecule has 1 aliphatic heterocycles. The van der Waals surface area contributed by atoms with E-state index in [1.807, 2.05) is 30.1 Å². The van der Waals surface area contributed by atoms with Gasteiger partial charge in [0.2, 0.25) is 5.91 Å². The molecule has 4 heteroatoms. The van der Waals surface area contributed by atoms with Gasteiger partial charge in [0.25, 0.3) is 0 Å². The summed E-state index contributed by atoms with van der Waals surface area (Å²) >= 11 is 0. The number of hydrogen-bond acceptors (Lipinski definition) is 3. The molecule has 0 radical (unpaired) electrons. The molecule has 2 rings (SSSR count). The summed E-state index contributed by atoms with van der Waals surface area (Å²) in [6, 6.07) is 5.70. The van der Waals surface area contributed by atoms with Crippen LogP contribution in [0.15, 0.2) is 24.4 Å². The number of aromatic nitrogens is 1. The Kier molecular flexibility index (Phi) is 3.97. The van der Waals surface area contributed by atoms with Gasteiger partial charge in [-0.05, 0) is 38.9 Å². The van der Waals surface area contributed by atoms with Gasteiger partial charge >= 0.3 is 0 Å². The summed E-state index contributed by atoms with van der Waals surface area (Å²) in [7, 11) is 1.94. The summed E-state index contributed by atoms with van der Waals surface area (Å²) in [4.78, 5) is 18.6. The molecule has 1 aromatic rings. The topological polar surface area (TPSA) is 45.2 Å². The molecular weight excluding hydrogens is 226 g/mol. The molecule has 0 spiro atoms. The molecule has 1 N–H and O–H groups in total. The van der Waals surface area contributed by atoms with E-state index in [-0.39, 0.29) is 11.4 Å². The van der Waals surface area contributed by atoms with Crippen LogP contribution in [0.4, 0.5) is 0 Å². The number of likely N-dealkylation sites (N-methyl/N-ethyl adjacent to an activating group) is 1. The fourth-order valence-electron chi connectivity index (χ4n) is 2.77. The van der Waals surface area contributed by atoms with E-state index >= 15 is 0 Å². The quantitative estimate of drug-likeness (QED) is 0.870. The predicted octanol–water partition coefficient (Wildman–Crippen LogP) is 1.22. The van der Waals surface area contributed by atoms with Gasteiger partial charge in [-0.3, -0.25) is 9.78 Å². The maximum absolute atomic E-state index is 12.4. The number of carbonyl (C=O) groups excluding carboxylic acids is 1. The minimum absolute atomic E-state index is 0.0411. The molecule has 0 bridgehead atoms. The predicted molar refractivity (Wildman–Crippen MR) is 71.2 cm³/mol. The molecule has 1 unspecified atom stereocenters. The first-order chi connectivity index (χ1) is 8.65. The number of pyridine rings is 1. The van der Waals surface area contributed by atoms with Crippen LogP contribution < -0.4 is 5.32 Å². The molecule has 0 saturated carbocycles.